The third-order valence-electron chi connectivity index (χ3n) is 7.80. The van der Waals surface area contributed by atoms with Crippen LogP contribution < -0.4 is 5.32 Å². The first-order chi connectivity index (χ1) is 21.2. The van der Waals surface area contributed by atoms with Crippen LogP contribution in [0.3, 0.4) is 0 Å². The summed E-state index contributed by atoms with van der Waals surface area (Å²) in [6.07, 6.45) is -6.84. The summed E-state index contributed by atoms with van der Waals surface area (Å²) in [6, 6.07) is -1.14. The molecule has 2 saturated heterocycles. The van der Waals surface area contributed by atoms with E-state index in [0.29, 0.717) is 6.42 Å². The Kier molecular flexibility index (Phi) is 17.0. The van der Waals surface area contributed by atoms with Crippen LogP contribution in [0.1, 0.15) is 59.3 Å². The lowest BCUT2D eigenvalue weighted by atomic mass is 9.92. The normalized spacial score (nSPS) is 32.8. The highest BCUT2D eigenvalue weighted by Gasteiger charge is 2.51. The van der Waals surface area contributed by atoms with Gasteiger partial charge in [0.1, 0.15) is 42.7 Å². The predicted molar refractivity (Wildman–Crippen MR) is 154 cm³/mol. The van der Waals surface area contributed by atoms with Crippen molar-refractivity contribution in [2.24, 2.45) is 5.41 Å². The fraction of sp³-hybridized carbons (Fsp3) is 0.963. The zero-order valence-electron chi connectivity index (χ0n) is 26.0. The molecule has 1 amide bonds. The summed E-state index contributed by atoms with van der Waals surface area (Å²) >= 11 is 0. The van der Waals surface area contributed by atoms with Crippen LogP contribution in [0.4, 0.5) is 0 Å². The number of ether oxygens (including phenoxy) is 5. The van der Waals surface area contributed by atoms with Crippen LogP contribution in [0, 0.1) is 5.41 Å². The Balaban J connectivity index is 2.25. The van der Waals surface area contributed by atoms with E-state index < -0.39 is 116 Å². The second-order valence-corrected chi connectivity index (χ2v) is 12.8. The second kappa shape index (κ2) is 19.0. The minimum Gasteiger partial charge on any atom is -0.396 e. The molecule has 2 aliphatic heterocycles. The van der Waals surface area contributed by atoms with Gasteiger partial charge in [-0.25, -0.2) is 4.18 Å². The number of aliphatic hydroxyl groups excluding tert-OH is 6. The van der Waals surface area contributed by atoms with Gasteiger partial charge in [0.15, 0.2) is 12.6 Å². The number of amides is 1. The largest absolute Gasteiger partial charge is 0.397 e. The molecule has 0 saturated carbocycles. The first-order valence-electron chi connectivity index (χ1n) is 15.2. The fourth-order valence-electron chi connectivity index (χ4n) is 4.97. The molecule has 2 rings (SSSR count). The van der Waals surface area contributed by atoms with Crippen molar-refractivity contribution in [1.29, 1.82) is 0 Å². The Hall–Kier alpha value is -1.10. The molecule has 0 aromatic carbocycles. The smallest absolute Gasteiger partial charge is 0.396 e. The summed E-state index contributed by atoms with van der Waals surface area (Å²) in [6.45, 7) is 1.67. The van der Waals surface area contributed by atoms with Gasteiger partial charge in [-0.2, -0.15) is 8.42 Å². The Morgan fingerprint density at radius 2 is 1.53 bits per heavy atom. The summed E-state index contributed by atoms with van der Waals surface area (Å²) in [7, 11) is -4.89. The highest BCUT2D eigenvalue weighted by molar-refractivity contribution is 7.80. The van der Waals surface area contributed by atoms with Crippen molar-refractivity contribution in [3.63, 3.8) is 0 Å². The molecule has 18 heteroatoms. The van der Waals surface area contributed by atoms with Crippen LogP contribution in [0.15, 0.2) is 0 Å². The van der Waals surface area contributed by atoms with E-state index in [1.165, 1.54) is 13.8 Å². The molecule has 1 unspecified atom stereocenters. The average Bonchev–Trinajstić information content (AvgIpc) is 2.98. The van der Waals surface area contributed by atoms with E-state index in [1.807, 2.05) is 0 Å². The predicted octanol–water partition coefficient (Wildman–Crippen LogP) is -2.03. The van der Waals surface area contributed by atoms with Gasteiger partial charge in [-0.15, -0.1) is 0 Å². The van der Waals surface area contributed by atoms with Gasteiger partial charge in [0.2, 0.25) is 5.91 Å². The molecule has 0 aromatic rings. The molecule has 0 radical (unpaired) electrons. The molecule has 0 bridgehead atoms. The summed E-state index contributed by atoms with van der Waals surface area (Å²) in [5.74, 6) is -0.518. The number of hydrogen-bond acceptors (Lipinski definition) is 15. The molecule has 0 spiro atoms. The summed E-state index contributed by atoms with van der Waals surface area (Å²) in [4.78, 5) is 12.2. The first-order valence-corrected chi connectivity index (χ1v) is 16.5. The molecular formula is C27H51NO16S. The van der Waals surface area contributed by atoms with E-state index in [-0.39, 0.29) is 6.61 Å². The van der Waals surface area contributed by atoms with Gasteiger partial charge in [-0.1, -0.05) is 39.0 Å². The standard InChI is InChI=1S/C27H51NO16S/c1-4-5-6-7-8-9-10-40-25-19(28-17(3)31)24(44-26-23(35)22(34)20(32)16(2)42-26)21(33)18(43-25)11-39-14-27(12-29,13-30)15-41-45(36,37)38/h16,18-26,29-30,32-35H,4-15H2,1-3H3,(H,28,31)(H,36,37,38)/t16-,18-,19-,20+,21?,22-,23-,24+,25-,26-/m0/s1. The van der Waals surface area contributed by atoms with Gasteiger partial charge in [-0.05, 0) is 13.3 Å². The molecule has 10 atom stereocenters. The van der Waals surface area contributed by atoms with Gasteiger partial charge in [0.05, 0.1) is 44.6 Å². The van der Waals surface area contributed by atoms with Crippen molar-refractivity contribution >= 4 is 16.3 Å². The van der Waals surface area contributed by atoms with Gasteiger partial charge in [-0.3, -0.25) is 9.35 Å². The van der Waals surface area contributed by atoms with Crippen molar-refractivity contribution in [3.8, 4) is 0 Å². The average molecular weight is 678 g/mol. The highest BCUT2D eigenvalue weighted by atomic mass is 32.3. The number of unbranched alkanes of at least 4 members (excludes halogenated alkanes) is 5. The van der Waals surface area contributed by atoms with Gasteiger partial charge >= 0.3 is 10.4 Å². The van der Waals surface area contributed by atoms with E-state index in [2.05, 4.69) is 16.4 Å². The zero-order valence-corrected chi connectivity index (χ0v) is 26.8. The fourth-order valence-corrected chi connectivity index (χ4v) is 5.37. The lowest BCUT2D eigenvalue weighted by Gasteiger charge is -2.47. The molecular weight excluding hydrogens is 626 g/mol. The van der Waals surface area contributed by atoms with Crippen molar-refractivity contribution < 1.29 is 76.3 Å². The number of nitrogens with one attached hydrogen (secondary N) is 1. The number of aliphatic hydroxyl groups is 6. The quantitative estimate of drug-likeness (QED) is 0.0510. The van der Waals surface area contributed by atoms with Gasteiger partial charge in [0, 0.05) is 13.5 Å². The molecule has 8 N–H and O–H groups in total. The van der Waals surface area contributed by atoms with Crippen LogP contribution in [-0.4, -0.2) is 151 Å². The van der Waals surface area contributed by atoms with Crippen LogP contribution >= 0.6 is 0 Å². The molecule has 17 nitrogen and oxygen atoms in total. The van der Waals surface area contributed by atoms with Crippen LogP contribution in [0.2, 0.25) is 0 Å². The Morgan fingerprint density at radius 3 is 2.13 bits per heavy atom. The van der Waals surface area contributed by atoms with E-state index in [4.69, 9.17) is 28.2 Å². The monoisotopic (exact) mass is 677 g/mol. The van der Waals surface area contributed by atoms with Gasteiger partial charge < -0.3 is 59.6 Å². The molecule has 2 heterocycles. The Bertz CT molecular complexity index is 968. The van der Waals surface area contributed by atoms with E-state index >= 15 is 0 Å². The molecule has 0 aliphatic carbocycles. The number of carbonyl (C=O) groups is 1. The minimum atomic E-state index is -4.89. The van der Waals surface area contributed by atoms with Crippen molar-refractivity contribution in [3.05, 3.63) is 0 Å². The third-order valence-corrected chi connectivity index (χ3v) is 8.21. The van der Waals surface area contributed by atoms with Crippen LogP contribution in [0.5, 0.6) is 0 Å². The summed E-state index contributed by atoms with van der Waals surface area (Å²) < 4.78 is 64.3. The SMILES string of the molecule is CCCCCCCCO[C@H]1O[C@@H](COCC(CO)(CO)COS(=O)(=O)O)C(O)[C@H](O[C@@H]2O[C@@H](C)[C@@H](O)[C@H](O)[C@@H]2O)[C@@H]1NC(C)=O. The van der Waals surface area contributed by atoms with E-state index in [1.54, 1.807) is 0 Å². The van der Waals surface area contributed by atoms with Crippen molar-refractivity contribution in [2.45, 2.75) is 121 Å². The molecule has 2 aliphatic rings. The molecule has 2 fully saturated rings. The highest BCUT2D eigenvalue weighted by Crippen LogP contribution is 2.30. The third kappa shape index (κ3) is 12.5. The zero-order chi connectivity index (χ0) is 33.8. The first kappa shape index (κ1) is 40.1. The van der Waals surface area contributed by atoms with Crippen LogP contribution in [0.25, 0.3) is 0 Å². The van der Waals surface area contributed by atoms with Crippen LogP contribution in [-0.2, 0) is 43.1 Å². The number of hydrogen-bond donors (Lipinski definition) is 8. The maximum Gasteiger partial charge on any atom is 0.397 e. The summed E-state index contributed by atoms with van der Waals surface area (Å²) in [5.41, 5.74) is -1.66. The van der Waals surface area contributed by atoms with E-state index in [9.17, 15) is 43.9 Å². The molecule has 0 aromatic heterocycles. The second-order valence-electron chi connectivity index (χ2n) is 11.7. The van der Waals surface area contributed by atoms with Crippen molar-refractivity contribution in [1.82, 2.24) is 5.32 Å². The maximum atomic E-state index is 12.2. The topological polar surface area (TPSA) is 260 Å². The Labute approximate surface area is 263 Å². The van der Waals surface area contributed by atoms with Gasteiger partial charge in [0.25, 0.3) is 0 Å². The summed E-state index contributed by atoms with van der Waals surface area (Å²) in [5, 5.41) is 64.5. The lowest BCUT2D eigenvalue weighted by Crippen LogP contribution is -2.68. The number of carbonyl (C=O) groups excluding carboxylic acids is 1. The molecule has 45 heavy (non-hydrogen) atoms. The lowest BCUT2D eigenvalue weighted by molar-refractivity contribution is -0.341. The maximum absolute atomic E-state index is 12.2. The van der Waals surface area contributed by atoms with Crippen molar-refractivity contribution in [2.75, 3.05) is 39.6 Å². The van der Waals surface area contributed by atoms with E-state index in [0.717, 1.165) is 32.1 Å². The minimum absolute atomic E-state index is 0.221. The molecule has 266 valence electrons. The number of rotatable bonds is 20. The Morgan fingerprint density at radius 1 is 0.889 bits per heavy atom.